The molecule has 1 N–H and O–H groups in total. The van der Waals surface area contributed by atoms with Gasteiger partial charge in [0.05, 0.1) is 12.0 Å². The van der Waals surface area contributed by atoms with Gasteiger partial charge in [-0.3, -0.25) is 9.59 Å². The predicted octanol–water partition coefficient (Wildman–Crippen LogP) is 4.40. The van der Waals surface area contributed by atoms with E-state index in [1.54, 1.807) is 23.1 Å². The zero-order chi connectivity index (χ0) is 25.8. The second-order valence-corrected chi connectivity index (χ2v) is 10.7. The van der Waals surface area contributed by atoms with Crippen LogP contribution < -0.4 is 10.2 Å². The summed E-state index contributed by atoms with van der Waals surface area (Å²) < 4.78 is 17.3. The first kappa shape index (κ1) is 26.2. The third-order valence-electron chi connectivity index (χ3n) is 6.52. The van der Waals surface area contributed by atoms with E-state index >= 15 is 0 Å². The average molecular weight is 501 g/mol. The summed E-state index contributed by atoms with van der Waals surface area (Å²) in [6, 6.07) is 5.32. The number of amides is 2. The maximum absolute atomic E-state index is 13.1. The van der Waals surface area contributed by atoms with Gasteiger partial charge in [-0.2, -0.15) is 0 Å². The number of nitrogens with zero attached hydrogens (tertiary/aromatic N) is 1. The Hall–Kier alpha value is -2.91. The van der Waals surface area contributed by atoms with E-state index < -0.39 is 23.4 Å². The summed E-state index contributed by atoms with van der Waals surface area (Å²) in [6.45, 7) is 7.22. The Kier molecular flexibility index (Phi) is 8.00. The molecule has 2 amide bonds. The van der Waals surface area contributed by atoms with E-state index in [2.05, 4.69) is 5.48 Å². The van der Waals surface area contributed by atoms with Crippen LogP contribution >= 0.6 is 0 Å². The van der Waals surface area contributed by atoms with Crippen LogP contribution in [0.3, 0.4) is 0 Å². The quantitative estimate of drug-likeness (QED) is 0.483. The molecule has 3 aliphatic heterocycles. The van der Waals surface area contributed by atoms with Gasteiger partial charge in [0.1, 0.15) is 17.0 Å². The molecule has 4 rings (SSSR count). The molecule has 0 saturated carbocycles. The average Bonchev–Trinajstić information content (AvgIpc) is 3.03. The van der Waals surface area contributed by atoms with Gasteiger partial charge in [0.15, 0.2) is 12.1 Å². The van der Waals surface area contributed by atoms with Gasteiger partial charge in [0, 0.05) is 38.6 Å². The highest BCUT2D eigenvalue weighted by atomic mass is 16.8. The molecule has 0 bridgehead atoms. The van der Waals surface area contributed by atoms with Crippen molar-refractivity contribution in [2.24, 2.45) is 0 Å². The number of Topliss-reactive ketones (excluding diaryl/α,β-unsaturated/α-hetero) is 1. The van der Waals surface area contributed by atoms with E-state index in [0.29, 0.717) is 49.4 Å². The number of carbonyl (C=O) groups excluding carboxylic acids is 3. The van der Waals surface area contributed by atoms with Crippen LogP contribution in [-0.4, -0.2) is 59.9 Å². The largest absolute Gasteiger partial charge is 0.486 e. The van der Waals surface area contributed by atoms with Crippen LogP contribution in [0, 0.1) is 0 Å². The molecule has 1 aromatic rings. The molecular formula is C27H36N2O7. The summed E-state index contributed by atoms with van der Waals surface area (Å²) in [5, 5.41) is 0. The number of rotatable bonds is 4. The smallest absolute Gasteiger partial charge is 0.410 e. The fourth-order valence-electron chi connectivity index (χ4n) is 4.70. The number of hydroxylamine groups is 1. The molecule has 9 heteroatoms. The molecule has 3 aliphatic rings. The molecule has 2 fully saturated rings. The minimum absolute atomic E-state index is 0.000509. The van der Waals surface area contributed by atoms with Crippen LogP contribution in [0.2, 0.25) is 0 Å². The van der Waals surface area contributed by atoms with Crippen molar-refractivity contribution in [1.82, 2.24) is 10.4 Å². The van der Waals surface area contributed by atoms with Crippen molar-refractivity contribution < 1.29 is 33.4 Å². The van der Waals surface area contributed by atoms with Gasteiger partial charge in [0.25, 0.3) is 5.91 Å². The van der Waals surface area contributed by atoms with Crippen molar-refractivity contribution >= 4 is 23.9 Å². The molecule has 3 heterocycles. The Morgan fingerprint density at radius 1 is 1.17 bits per heavy atom. The second-order valence-electron chi connectivity index (χ2n) is 10.7. The van der Waals surface area contributed by atoms with Crippen molar-refractivity contribution in [3.63, 3.8) is 0 Å². The van der Waals surface area contributed by atoms with Crippen LogP contribution in [0.4, 0.5) is 4.79 Å². The number of likely N-dealkylation sites (tertiary alicyclic amines) is 1. The zero-order valence-electron chi connectivity index (χ0n) is 21.3. The number of hydrogen-bond acceptors (Lipinski definition) is 7. The summed E-state index contributed by atoms with van der Waals surface area (Å²) in [6.07, 6.45) is 7.22. The van der Waals surface area contributed by atoms with Crippen molar-refractivity contribution in [3.8, 4) is 5.75 Å². The van der Waals surface area contributed by atoms with E-state index in [1.165, 1.54) is 6.08 Å². The molecular weight excluding hydrogens is 464 g/mol. The Balaban J connectivity index is 1.36. The first-order valence-corrected chi connectivity index (χ1v) is 12.7. The van der Waals surface area contributed by atoms with Crippen LogP contribution in [0.5, 0.6) is 5.75 Å². The number of benzene rings is 1. The monoisotopic (exact) mass is 500 g/mol. The minimum Gasteiger partial charge on any atom is -0.486 e. The highest BCUT2D eigenvalue weighted by Crippen LogP contribution is 2.40. The lowest BCUT2D eigenvalue weighted by Crippen LogP contribution is -2.43. The molecule has 0 aromatic heterocycles. The highest BCUT2D eigenvalue weighted by molar-refractivity contribution is 6.01. The summed E-state index contributed by atoms with van der Waals surface area (Å²) in [5.74, 6) is 0.132. The molecule has 2 unspecified atom stereocenters. The van der Waals surface area contributed by atoms with Crippen LogP contribution in [0.25, 0.3) is 6.08 Å². The minimum atomic E-state index is -0.628. The lowest BCUT2D eigenvalue weighted by Gasteiger charge is -2.37. The third kappa shape index (κ3) is 6.85. The van der Waals surface area contributed by atoms with Gasteiger partial charge in [-0.1, -0.05) is 6.07 Å². The second kappa shape index (κ2) is 11.0. The molecule has 2 atom stereocenters. The maximum Gasteiger partial charge on any atom is 0.410 e. The zero-order valence-corrected chi connectivity index (χ0v) is 21.3. The molecule has 0 aliphatic carbocycles. The molecule has 36 heavy (non-hydrogen) atoms. The molecule has 0 radical (unpaired) electrons. The predicted molar refractivity (Wildman–Crippen MR) is 132 cm³/mol. The topological polar surface area (TPSA) is 103 Å². The molecule has 1 aromatic carbocycles. The summed E-state index contributed by atoms with van der Waals surface area (Å²) in [7, 11) is 0. The fraction of sp³-hybridized carbons (Fsp3) is 0.593. The number of ether oxygens (including phenoxy) is 3. The lowest BCUT2D eigenvalue weighted by molar-refractivity contribution is -0.198. The van der Waals surface area contributed by atoms with E-state index in [9.17, 15) is 14.4 Å². The van der Waals surface area contributed by atoms with E-state index in [-0.39, 0.29) is 18.3 Å². The fourth-order valence-corrected chi connectivity index (χ4v) is 4.70. The lowest BCUT2D eigenvalue weighted by atomic mass is 9.84. The Bertz CT molecular complexity index is 1010. The Morgan fingerprint density at radius 2 is 2.00 bits per heavy atom. The standard InChI is InChI=1S/C27H36N2O7/c1-26(2,3)35-25(32)29-14-6-12-27(13-15-29)18-21(30)20-17-19(8-10-22(20)34-27)9-11-23(31)28-36-24-7-4-5-16-33-24/h8-11,17,24H,4-7,12-16,18H2,1-3H3,(H,28,31). The SMILES string of the molecule is CC(C)(C)OC(=O)N1CCCC2(CC1)CC(=O)c1cc(C=CC(=O)NOC3CCCCO3)ccc1O2. The van der Waals surface area contributed by atoms with Crippen LogP contribution in [-0.2, 0) is 19.1 Å². The number of fused-ring (bicyclic) bond motifs is 1. The van der Waals surface area contributed by atoms with Gasteiger partial charge >= 0.3 is 6.09 Å². The van der Waals surface area contributed by atoms with E-state index in [1.807, 2.05) is 26.8 Å². The van der Waals surface area contributed by atoms with Gasteiger partial charge in [-0.15, -0.1) is 0 Å². The van der Waals surface area contributed by atoms with E-state index in [0.717, 1.165) is 25.7 Å². The highest BCUT2D eigenvalue weighted by Gasteiger charge is 2.42. The Morgan fingerprint density at radius 3 is 2.75 bits per heavy atom. The number of ketones is 1. The Labute approximate surface area is 212 Å². The first-order chi connectivity index (χ1) is 17.1. The van der Waals surface area contributed by atoms with Crippen LogP contribution in [0.15, 0.2) is 24.3 Å². The molecule has 9 nitrogen and oxygen atoms in total. The molecule has 1 spiro atoms. The van der Waals surface area contributed by atoms with Gasteiger partial charge < -0.3 is 19.1 Å². The van der Waals surface area contributed by atoms with Crippen molar-refractivity contribution in [2.45, 2.75) is 83.2 Å². The van der Waals surface area contributed by atoms with Crippen LogP contribution in [0.1, 0.15) is 81.6 Å². The van der Waals surface area contributed by atoms with Crippen molar-refractivity contribution in [2.75, 3.05) is 19.7 Å². The van der Waals surface area contributed by atoms with Crippen molar-refractivity contribution in [1.29, 1.82) is 0 Å². The van der Waals surface area contributed by atoms with Gasteiger partial charge in [0.2, 0.25) is 0 Å². The maximum atomic E-state index is 13.1. The van der Waals surface area contributed by atoms with Gasteiger partial charge in [-0.25, -0.2) is 15.1 Å². The number of carbonyl (C=O) groups is 3. The summed E-state index contributed by atoms with van der Waals surface area (Å²) >= 11 is 0. The molecule has 2 saturated heterocycles. The normalized spacial score (nSPS) is 24.7. The number of nitrogens with one attached hydrogen (secondary N) is 1. The third-order valence-corrected chi connectivity index (χ3v) is 6.52. The summed E-state index contributed by atoms with van der Waals surface area (Å²) in [5.41, 5.74) is 2.41. The van der Waals surface area contributed by atoms with Crippen molar-refractivity contribution in [3.05, 3.63) is 35.4 Å². The van der Waals surface area contributed by atoms with E-state index in [4.69, 9.17) is 19.0 Å². The summed E-state index contributed by atoms with van der Waals surface area (Å²) in [4.78, 5) is 44.7. The molecule has 196 valence electrons. The number of hydrogen-bond donors (Lipinski definition) is 1. The first-order valence-electron chi connectivity index (χ1n) is 12.7. The van der Waals surface area contributed by atoms with Gasteiger partial charge in [-0.05, 0) is 70.2 Å².